The quantitative estimate of drug-likeness (QED) is 0.612. The first-order valence-electron chi connectivity index (χ1n) is 5.23. The Morgan fingerprint density at radius 3 is 2.44 bits per heavy atom. The van der Waals surface area contributed by atoms with Crippen LogP contribution in [0.15, 0.2) is 24.3 Å². The molecule has 0 unspecified atom stereocenters. The third-order valence-corrected chi connectivity index (χ3v) is 5.71. The van der Waals surface area contributed by atoms with Crippen LogP contribution in [-0.4, -0.2) is 23.2 Å². The van der Waals surface area contributed by atoms with Crippen molar-refractivity contribution in [2.45, 2.75) is 11.0 Å². The predicted octanol–water partition coefficient (Wildman–Crippen LogP) is 3.98. The lowest BCUT2D eigenvalue weighted by atomic mass is 10.1. The van der Waals surface area contributed by atoms with E-state index in [0.717, 1.165) is 0 Å². The topological polar surface area (TPSA) is 17.1 Å². The van der Waals surface area contributed by atoms with Gasteiger partial charge in [0.2, 0.25) is 0 Å². The Bertz CT molecular complexity index is 358. The van der Waals surface area contributed by atoms with E-state index in [-0.39, 0.29) is 11.7 Å². The summed E-state index contributed by atoms with van der Waals surface area (Å²) >= 11 is 9.49. The molecule has 0 N–H and O–H groups in total. The van der Waals surface area contributed by atoms with Crippen LogP contribution in [0.5, 0.6) is 0 Å². The van der Waals surface area contributed by atoms with Crippen LogP contribution in [0.2, 0.25) is 0 Å². The van der Waals surface area contributed by atoms with Gasteiger partial charge < -0.3 is 0 Å². The number of rotatable bonds is 3. The minimum Gasteiger partial charge on any atom is -0.293 e. The molecule has 0 radical (unpaired) electrons. The van der Waals surface area contributed by atoms with E-state index in [1.54, 1.807) is 0 Å². The van der Waals surface area contributed by atoms with E-state index in [9.17, 15) is 4.79 Å². The Hall–Kier alpha value is -0.120. The van der Waals surface area contributed by atoms with Crippen LogP contribution in [-0.2, 0) is 0 Å². The lowest BCUT2D eigenvalue weighted by Crippen LogP contribution is -2.02. The summed E-state index contributed by atoms with van der Waals surface area (Å²) in [6.45, 7) is 0. The van der Waals surface area contributed by atoms with E-state index in [2.05, 4.69) is 12.1 Å². The molecule has 1 aliphatic heterocycles. The smallest absolute Gasteiger partial charge is 0.177 e. The van der Waals surface area contributed by atoms with Gasteiger partial charge in [-0.3, -0.25) is 4.79 Å². The molecule has 4 heteroatoms. The summed E-state index contributed by atoms with van der Waals surface area (Å²) in [5.41, 5.74) is 2.02. The van der Waals surface area contributed by atoms with Crippen molar-refractivity contribution in [2.24, 2.45) is 0 Å². The van der Waals surface area contributed by atoms with Crippen LogP contribution in [0.1, 0.15) is 26.9 Å². The van der Waals surface area contributed by atoms with E-state index in [0.29, 0.717) is 10.1 Å². The zero-order valence-electron chi connectivity index (χ0n) is 8.82. The number of alkyl halides is 1. The van der Waals surface area contributed by atoms with Gasteiger partial charge in [-0.15, -0.1) is 35.1 Å². The summed E-state index contributed by atoms with van der Waals surface area (Å²) in [6.07, 6.45) is 1.30. The lowest BCUT2D eigenvalue weighted by Gasteiger charge is -2.21. The van der Waals surface area contributed by atoms with Crippen LogP contribution in [0.3, 0.4) is 0 Å². The molecule has 0 spiro atoms. The van der Waals surface area contributed by atoms with Gasteiger partial charge in [-0.05, 0) is 23.5 Å². The normalized spacial score (nSPS) is 17.3. The number of hydrogen-bond donors (Lipinski definition) is 0. The number of hydrogen-bond acceptors (Lipinski definition) is 3. The zero-order chi connectivity index (χ0) is 11.4. The number of thioether (sulfide) groups is 2. The Morgan fingerprint density at radius 1 is 1.25 bits per heavy atom. The molecule has 0 aromatic heterocycles. The lowest BCUT2D eigenvalue weighted by molar-refractivity contribution is 0.102. The van der Waals surface area contributed by atoms with Gasteiger partial charge >= 0.3 is 0 Å². The predicted molar refractivity (Wildman–Crippen MR) is 73.8 cm³/mol. The standard InChI is InChI=1S/C12H13ClOS2/c13-8-11(14)9-2-4-10(5-3-9)12-15-6-1-7-16-12/h2-5,12H,1,6-8H2. The number of benzene rings is 1. The van der Waals surface area contributed by atoms with Gasteiger partial charge in [0.1, 0.15) is 0 Å². The van der Waals surface area contributed by atoms with Crippen molar-refractivity contribution in [1.82, 2.24) is 0 Å². The van der Waals surface area contributed by atoms with E-state index < -0.39 is 0 Å². The minimum absolute atomic E-state index is 0.00262. The van der Waals surface area contributed by atoms with E-state index in [1.165, 1.54) is 23.5 Å². The monoisotopic (exact) mass is 272 g/mol. The molecule has 0 aliphatic carbocycles. The largest absolute Gasteiger partial charge is 0.293 e. The molecular formula is C12H13ClOS2. The Balaban J connectivity index is 2.09. The van der Waals surface area contributed by atoms with Gasteiger partial charge in [-0.25, -0.2) is 0 Å². The molecule has 1 aromatic rings. The molecule has 1 saturated heterocycles. The molecule has 0 bridgehead atoms. The molecule has 1 aromatic carbocycles. The van der Waals surface area contributed by atoms with Crippen molar-refractivity contribution in [3.8, 4) is 0 Å². The third-order valence-electron chi connectivity index (χ3n) is 2.45. The minimum atomic E-state index is -0.00262. The van der Waals surface area contributed by atoms with Gasteiger partial charge in [0.05, 0.1) is 10.5 Å². The molecule has 2 rings (SSSR count). The number of carbonyl (C=O) groups excluding carboxylic acids is 1. The molecule has 1 heterocycles. The second kappa shape index (κ2) is 5.99. The van der Waals surface area contributed by atoms with E-state index >= 15 is 0 Å². The van der Waals surface area contributed by atoms with Crippen LogP contribution in [0.25, 0.3) is 0 Å². The maximum absolute atomic E-state index is 11.4. The summed E-state index contributed by atoms with van der Waals surface area (Å²) in [4.78, 5) is 11.4. The van der Waals surface area contributed by atoms with Gasteiger partial charge in [0.25, 0.3) is 0 Å². The first-order valence-corrected chi connectivity index (χ1v) is 7.87. The summed E-state index contributed by atoms with van der Waals surface area (Å²) in [7, 11) is 0. The second-order valence-electron chi connectivity index (χ2n) is 3.61. The molecule has 0 atom stereocenters. The summed E-state index contributed by atoms with van der Waals surface area (Å²) < 4.78 is 0.536. The van der Waals surface area contributed by atoms with Gasteiger partial charge in [-0.2, -0.15) is 0 Å². The van der Waals surface area contributed by atoms with Crippen molar-refractivity contribution >= 4 is 40.9 Å². The van der Waals surface area contributed by atoms with Crippen LogP contribution >= 0.6 is 35.1 Å². The maximum atomic E-state index is 11.4. The van der Waals surface area contributed by atoms with Gasteiger partial charge in [-0.1, -0.05) is 24.3 Å². The van der Waals surface area contributed by atoms with E-state index in [4.69, 9.17) is 11.6 Å². The highest BCUT2D eigenvalue weighted by Crippen LogP contribution is 2.43. The van der Waals surface area contributed by atoms with Crippen LogP contribution < -0.4 is 0 Å². The van der Waals surface area contributed by atoms with Crippen molar-refractivity contribution in [1.29, 1.82) is 0 Å². The van der Waals surface area contributed by atoms with Crippen molar-refractivity contribution in [2.75, 3.05) is 17.4 Å². The molecule has 1 fully saturated rings. The highest BCUT2D eigenvalue weighted by molar-refractivity contribution is 8.16. The Morgan fingerprint density at radius 2 is 1.88 bits per heavy atom. The molecular weight excluding hydrogens is 260 g/mol. The van der Waals surface area contributed by atoms with Gasteiger partial charge in [0, 0.05) is 5.56 Å². The zero-order valence-corrected chi connectivity index (χ0v) is 11.2. The molecule has 1 nitrogen and oxygen atoms in total. The van der Waals surface area contributed by atoms with E-state index in [1.807, 2.05) is 35.7 Å². The Kier molecular flexibility index (Phi) is 4.62. The number of halogens is 1. The summed E-state index contributed by atoms with van der Waals surface area (Å²) in [6, 6.07) is 7.87. The number of ketones is 1. The third kappa shape index (κ3) is 2.96. The van der Waals surface area contributed by atoms with Crippen LogP contribution in [0.4, 0.5) is 0 Å². The van der Waals surface area contributed by atoms with Gasteiger partial charge in [0.15, 0.2) is 5.78 Å². The summed E-state index contributed by atoms with van der Waals surface area (Å²) in [5, 5.41) is 0. The van der Waals surface area contributed by atoms with Crippen LogP contribution in [0, 0.1) is 0 Å². The Labute approximate surface area is 109 Å². The van der Waals surface area contributed by atoms with Crippen molar-refractivity contribution in [3.05, 3.63) is 35.4 Å². The first-order chi connectivity index (χ1) is 7.81. The molecule has 16 heavy (non-hydrogen) atoms. The van der Waals surface area contributed by atoms with Crippen molar-refractivity contribution in [3.63, 3.8) is 0 Å². The SMILES string of the molecule is O=C(CCl)c1ccc(C2SCCCS2)cc1. The molecule has 0 saturated carbocycles. The fraction of sp³-hybridized carbons (Fsp3) is 0.417. The average Bonchev–Trinajstić information content (AvgIpc) is 2.39. The number of Topliss-reactive ketones (excluding diaryl/α,β-unsaturated/α-hetero) is 1. The molecule has 86 valence electrons. The maximum Gasteiger partial charge on any atom is 0.177 e. The fourth-order valence-corrected chi connectivity index (χ4v) is 4.63. The highest BCUT2D eigenvalue weighted by Gasteiger charge is 2.16. The van der Waals surface area contributed by atoms with Crippen molar-refractivity contribution < 1.29 is 4.79 Å². The number of carbonyl (C=O) groups is 1. The highest BCUT2D eigenvalue weighted by atomic mass is 35.5. The second-order valence-corrected chi connectivity index (χ2v) is 6.60. The fourth-order valence-electron chi connectivity index (χ4n) is 1.58. The molecule has 0 amide bonds. The average molecular weight is 273 g/mol. The first kappa shape index (κ1) is 12.3. The summed E-state index contributed by atoms with van der Waals surface area (Å²) in [5.74, 6) is 2.53. The molecule has 1 aliphatic rings.